The van der Waals surface area contributed by atoms with E-state index in [9.17, 15) is 9.59 Å². The summed E-state index contributed by atoms with van der Waals surface area (Å²) in [5.74, 6) is -0.300. The van der Waals surface area contributed by atoms with Crippen molar-refractivity contribution in [3.05, 3.63) is 98.5 Å². The van der Waals surface area contributed by atoms with E-state index in [2.05, 4.69) is 5.32 Å². The summed E-state index contributed by atoms with van der Waals surface area (Å²) in [4.78, 5) is 27.2. The minimum atomic E-state index is -1.13. The molecule has 4 nitrogen and oxygen atoms in total. The van der Waals surface area contributed by atoms with Crippen LogP contribution < -0.4 is 10.1 Å². The number of hydrogen-bond donors (Lipinski definition) is 1. The lowest BCUT2D eigenvalue weighted by Crippen LogP contribution is -2.43. The van der Waals surface area contributed by atoms with E-state index >= 15 is 0 Å². The van der Waals surface area contributed by atoms with Crippen LogP contribution in [0.5, 0.6) is 5.75 Å². The van der Waals surface area contributed by atoms with Crippen molar-refractivity contribution in [2.24, 2.45) is 0 Å². The lowest BCUT2D eigenvalue weighted by Gasteiger charge is -2.38. The zero-order valence-electron chi connectivity index (χ0n) is 17.5. The van der Waals surface area contributed by atoms with Crippen molar-refractivity contribution in [2.75, 3.05) is 12.4 Å². The molecule has 2 aliphatic rings. The average molecular weight is 499 g/mol. The standard InChI is InChI=1S/C26H18Cl3NO3/c1-33-24-11-17(29)5-7-18(24)19-13-26(20-8-6-16(28)10-22(20)30-25(26)32)21(12-23(19)31)14-3-2-4-15(27)9-14/h2-11,13,21H,12H2,1H3,(H,30,32)/t21-,26-/m0/s1. The van der Waals surface area contributed by atoms with Gasteiger partial charge in [0.25, 0.3) is 0 Å². The summed E-state index contributed by atoms with van der Waals surface area (Å²) in [7, 11) is 1.52. The number of anilines is 1. The number of ketones is 1. The van der Waals surface area contributed by atoms with Crippen LogP contribution >= 0.6 is 34.8 Å². The Kier molecular flexibility index (Phi) is 5.48. The van der Waals surface area contributed by atoms with Crippen LogP contribution in [-0.2, 0) is 15.0 Å². The number of methoxy groups -OCH3 is 1. The molecule has 33 heavy (non-hydrogen) atoms. The van der Waals surface area contributed by atoms with Crippen molar-refractivity contribution in [1.29, 1.82) is 0 Å². The van der Waals surface area contributed by atoms with Gasteiger partial charge >= 0.3 is 0 Å². The Hall–Kier alpha value is -2.79. The van der Waals surface area contributed by atoms with Gasteiger partial charge in [-0.3, -0.25) is 9.59 Å². The van der Waals surface area contributed by atoms with E-state index in [1.807, 2.05) is 24.3 Å². The Labute approximate surface area is 206 Å². The molecule has 5 rings (SSSR count). The van der Waals surface area contributed by atoms with E-state index in [1.165, 1.54) is 7.11 Å². The largest absolute Gasteiger partial charge is 0.496 e. The monoisotopic (exact) mass is 497 g/mol. The van der Waals surface area contributed by atoms with Crippen LogP contribution in [-0.4, -0.2) is 18.8 Å². The minimum absolute atomic E-state index is 0.0959. The van der Waals surface area contributed by atoms with Crippen molar-refractivity contribution < 1.29 is 14.3 Å². The molecule has 166 valence electrons. The molecule has 0 bridgehead atoms. The van der Waals surface area contributed by atoms with Crippen LogP contribution in [0.2, 0.25) is 15.1 Å². The van der Waals surface area contributed by atoms with Crippen LogP contribution in [0.25, 0.3) is 5.57 Å². The Balaban J connectivity index is 1.80. The highest BCUT2D eigenvalue weighted by molar-refractivity contribution is 6.32. The summed E-state index contributed by atoms with van der Waals surface area (Å²) in [5, 5.41) is 4.52. The first-order valence-electron chi connectivity index (χ1n) is 10.3. The Bertz CT molecular complexity index is 1350. The van der Waals surface area contributed by atoms with E-state index in [1.54, 1.807) is 42.5 Å². The fourth-order valence-corrected chi connectivity index (χ4v) is 5.44. The van der Waals surface area contributed by atoms with Crippen LogP contribution in [0, 0.1) is 0 Å². The molecular formula is C26H18Cl3NO3. The number of nitrogens with one attached hydrogen (secondary N) is 1. The first-order chi connectivity index (χ1) is 15.8. The molecule has 1 heterocycles. The first kappa shape index (κ1) is 22.0. The average Bonchev–Trinajstić information content (AvgIpc) is 3.05. The van der Waals surface area contributed by atoms with Crippen molar-refractivity contribution >= 4 is 57.8 Å². The normalized spacial score (nSPS) is 21.6. The van der Waals surface area contributed by atoms with E-state index in [0.717, 1.165) is 11.1 Å². The molecular weight excluding hydrogens is 481 g/mol. The Morgan fingerprint density at radius 3 is 2.42 bits per heavy atom. The number of allylic oxidation sites excluding steroid dienone is 1. The van der Waals surface area contributed by atoms with Crippen LogP contribution in [0.3, 0.4) is 0 Å². The molecule has 0 radical (unpaired) electrons. The molecule has 1 aliphatic heterocycles. The number of Topliss-reactive ketones (excluding diaryl/α,β-unsaturated/α-hetero) is 1. The maximum Gasteiger partial charge on any atom is 0.239 e. The number of carbonyl (C=O) groups is 2. The van der Waals surface area contributed by atoms with Gasteiger partial charge < -0.3 is 10.1 Å². The van der Waals surface area contributed by atoms with E-state index in [4.69, 9.17) is 39.5 Å². The number of amides is 1. The van der Waals surface area contributed by atoms with Gasteiger partial charge in [0.05, 0.1) is 7.11 Å². The number of hydrogen-bond acceptors (Lipinski definition) is 3. The molecule has 0 fully saturated rings. The van der Waals surface area contributed by atoms with Crippen molar-refractivity contribution in [2.45, 2.75) is 17.8 Å². The second kappa shape index (κ2) is 8.21. The summed E-state index contributed by atoms with van der Waals surface area (Å²) in [6, 6.07) is 17.7. The number of rotatable bonds is 3. The summed E-state index contributed by atoms with van der Waals surface area (Å²) in [5.41, 5.74) is 2.09. The van der Waals surface area contributed by atoms with Crippen LogP contribution in [0.1, 0.15) is 29.0 Å². The maximum absolute atomic E-state index is 13.7. The Morgan fingerprint density at radius 1 is 0.939 bits per heavy atom. The van der Waals surface area contributed by atoms with Crippen LogP contribution in [0.4, 0.5) is 5.69 Å². The van der Waals surface area contributed by atoms with Gasteiger partial charge in [-0.05, 0) is 53.6 Å². The predicted octanol–water partition coefficient (Wildman–Crippen LogP) is 6.69. The first-order valence-corrected chi connectivity index (χ1v) is 11.4. The van der Waals surface area contributed by atoms with E-state index < -0.39 is 11.3 Å². The molecule has 1 amide bonds. The van der Waals surface area contributed by atoms with Crippen molar-refractivity contribution in [1.82, 2.24) is 0 Å². The third-order valence-electron chi connectivity index (χ3n) is 6.37. The van der Waals surface area contributed by atoms with E-state index in [-0.39, 0.29) is 18.1 Å². The number of carbonyl (C=O) groups excluding carboxylic acids is 2. The topological polar surface area (TPSA) is 55.4 Å². The third kappa shape index (κ3) is 3.54. The molecule has 1 spiro atoms. The van der Waals surface area contributed by atoms with Gasteiger partial charge in [-0.15, -0.1) is 0 Å². The molecule has 3 aromatic carbocycles. The number of ether oxygens (including phenoxy) is 1. The summed E-state index contributed by atoms with van der Waals surface area (Å²) < 4.78 is 5.51. The number of benzene rings is 3. The fraction of sp³-hybridized carbons (Fsp3) is 0.154. The molecule has 1 N–H and O–H groups in total. The maximum atomic E-state index is 13.7. The van der Waals surface area contributed by atoms with E-state index in [0.29, 0.717) is 37.6 Å². The highest BCUT2D eigenvalue weighted by Gasteiger charge is 2.54. The quantitative estimate of drug-likeness (QED) is 0.438. The second-order valence-corrected chi connectivity index (χ2v) is 9.46. The SMILES string of the molecule is COc1cc(Cl)ccc1C1=C[C@@]2(C(=O)Nc3cc(Cl)ccc32)[C@H](c2cccc(Cl)c2)CC1=O. The molecule has 0 unspecified atom stereocenters. The lowest BCUT2D eigenvalue weighted by atomic mass is 9.61. The van der Waals surface area contributed by atoms with Gasteiger partial charge in [0.2, 0.25) is 5.91 Å². The summed E-state index contributed by atoms with van der Waals surface area (Å²) in [6.45, 7) is 0. The molecule has 3 aromatic rings. The highest BCUT2D eigenvalue weighted by Crippen LogP contribution is 2.54. The summed E-state index contributed by atoms with van der Waals surface area (Å²) in [6.07, 6.45) is 1.89. The lowest BCUT2D eigenvalue weighted by molar-refractivity contribution is -0.121. The smallest absolute Gasteiger partial charge is 0.239 e. The molecule has 0 saturated heterocycles. The zero-order chi connectivity index (χ0) is 23.3. The van der Waals surface area contributed by atoms with Gasteiger partial charge in [-0.1, -0.05) is 59.1 Å². The molecule has 0 saturated carbocycles. The molecule has 1 aliphatic carbocycles. The highest BCUT2D eigenvalue weighted by atomic mass is 35.5. The number of fused-ring (bicyclic) bond motifs is 2. The fourth-order valence-electron chi connectivity index (χ4n) is 4.90. The Morgan fingerprint density at radius 2 is 1.67 bits per heavy atom. The minimum Gasteiger partial charge on any atom is -0.496 e. The van der Waals surface area contributed by atoms with Crippen molar-refractivity contribution in [3.63, 3.8) is 0 Å². The molecule has 0 aromatic heterocycles. The predicted molar refractivity (Wildman–Crippen MR) is 132 cm³/mol. The van der Waals surface area contributed by atoms with Crippen LogP contribution in [0.15, 0.2) is 66.7 Å². The van der Waals surface area contributed by atoms with Crippen molar-refractivity contribution in [3.8, 4) is 5.75 Å². The zero-order valence-corrected chi connectivity index (χ0v) is 19.8. The second-order valence-electron chi connectivity index (χ2n) is 8.15. The molecule has 2 atom stereocenters. The molecule has 7 heteroatoms. The third-order valence-corrected chi connectivity index (χ3v) is 7.07. The van der Waals surface area contributed by atoms with Gasteiger partial charge in [0.1, 0.15) is 11.2 Å². The van der Waals surface area contributed by atoms with Gasteiger partial charge in [0, 0.05) is 44.2 Å². The van der Waals surface area contributed by atoms with Gasteiger partial charge in [-0.2, -0.15) is 0 Å². The van der Waals surface area contributed by atoms with Gasteiger partial charge in [-0.25, -0.2) is 0 Å². The summed E-state index contributed by atoms with van der Waals surface area (Å²) >= 11 is 18.6. The van der Waals surface area contributed by atoms with Gasteiger partial charge in [0.15, 0.2) is 5.78 Å². The number of halogens is 3.